The molecular weight excluding hydrogens is 399 g/mol. The quantitative estimate of drug-likeness (QED) is 0.508. The first kappa shape index (κ1) is 19.7. The number of hydrogen-bond donors (Lipinski definition) is 0. The zero-order valence-corrected chi connectivity index (χ0v) is 18.3. The van der Waals surface area contributed by atoms with Gasteiger partial charge in [-0.3, -0.25) is 4.79 Å². The molecule has 2 aliphatic carbocycles. The Hall–Kier alpha value is -0.640. The third kappa shape index (κ3) is 2.64. The van der Waals surface area contributed by atoms with E-state index in [1.165, 1.54) is 18.2 Å². The normalized spacial score (nSPS) is 40.9. The van der Waals surface area contributed by atoms with Crippen LogP contribution in [0.1, 0.15) is 45.6 Å². The summed E-state index contributed by atoms with van der Waals surface area (Å²) in [4.78, 5) is 13.2. The molecule has 1 heterocycles. The Morgan fingerprint density at radius 1 is 1.15 bits per heavy atom. The first-order chi connectivity index (χ1) is 12.7. The zero-order chi connectivity index (χ0) is 19.5. The summed E-state index contributed by atoms with van der Waals surface area (Å²) in [6.07, 6.45) is 7.12. The van der Waals surface area contributed by atoms with Crippen LogP contribution in [0.25, 0.3) is 0 Å². The lowest BCUT2D eigenvalue weighted by Gasteiger charge is -2.44. The number of ether oxygens (including phenoxy) is 1. The van der Waals surface area contributed by atoms with Gasteiger partial charge in [-0.15, -0.1) is 0 Å². The fourth-order valence-corrected chi connectivity index (χ4v) is 7.62. The maximum absolute atomic E-state index is 13.2. The maximum Gasteiger partial charge on any atom is 0.226 e. The molecular formula is C22H26Cl2O2S. The van der Waals surface area contributed by atoms with E-state index in [1.54, 1.807) is 6.26 Å². The van der Waals surface area contributed by atoms with Gasteiger partial charge in [-0.1, -0.05) is 79.1 Å². The van der Waals surface area contributed by atoms with Crippen LogP contribution in [0.4, 0.5) is 0 Å². The van der Waals surface area contributed by atoms with Crippen LogP contribution in [0.3, 0.4) is 0 Å². The Morgan fingerprint density at radius 2 is 1.85 bits per heavy atom. The van der Waals surface area contributed by atoms with Crippen molar-refractivity contribution in [3.05, 3.63) is 48.2 Å². The highest BCUT2D eigenvalue weighted by Crippen LogP contribution is 2.68. The molecule has 1 spiro atoms. The Labute approximate surface area is 176 Å². The minimum Gasteiger partial charge on any atom is -0.498 e. The smallest absolute Gasteiger partial charge is 0.226 e. The molecule has 4 rings (SSSR count). The van der Waals surface area contributed by atoms with Crippen LogP contribution in [0.5, 0.6) is 0 Å². The zero-order valence-electron chi connectivity index (χ0n) is 16.0. The molecule has 1 aromatic rings. The summed E-state index contributed by atoms with van der Waals surface area (Å²) in [6.45, 7) is 6.57. The Balaban J connectivity index is 1.77. The molecule has 5 heteroatoms. The van der Waals surface area contributed by atoms with Gasteiger partial charge in [0, 0.05) is 11.2 Å². The second-order valence-corrected chi connectivity index (χ2v) is 11.3. The number of hydrogen-bond acceptors (Lipinski definition) is 3. The average Bonchev–Trinajstić information content (AvgIpc) is 3.01. The molecule has 0 unspecified atom stereocenters. The highest BCUT2D eigenvalue weighted by atomic mass is 35.5. The van der Waals surface area contributed by atoms with Crippen LogP contribution >= 0.6 is 35.0 Å². The molecule has 3 aliphatic rings. The second-order valence-electron chi connectivity index (χ2n) is 9.00. The molecule has 2 fully saturated rings. The van der Waals surface area contributed by atoms with E-state index >= 15 is 0 Å². The van der Waals surface area contributed by atoms with Crippen LogP contribution in [-0.2, 0) is 14.9 Å². The molecule has 146 valence electrons. The van der Waals surface area contributed by atoms with E-state index in [4.69, 9.17) is 27.9 Å². The molecule has 27 heavy (non-hydrogen) atoms. The molecule has 2 saturated carbocycles. The number of carbonyl (C=O) groups excluding carboxylic acids is 1. The van der Waals surface area contributed by atoms with Crippen LogP contribution in [0.2, 0.25) is 0 Å². The van der Waals surface area contributed by atoms with E-state index in [1.807, 2.05) is 43.3 Å². The van der Waals surface area contributed by atoms with Crippen molar-refractivity contribution in [2.24, 2.45) is 16.7 Å². The number of thioether (sulfide) groups is 1. The predicted molar refractivity (Wildman–Crippen MR) is 113 cm³/mol. The van der Waals surface area contributed by atoms with Crippen molar-refractivity contribution in [3.63, 3.8) is 0 Å². The van der Waals surface area contributed by atoms with Gasteiger partial charge >= 0.3 is 0 Å². The summed E-state index contributed by atoms with van der Waals surface area (Å²) in [7, 11) is 0. The van der Waals surface area contributed by atoms with Gasteiger partial charge in [-0.25, -0.2) is 0 Å². The Morgan fingerprint density at radius 3 is 2.52 bits per heavy atom. The number of allylic oxidation sites excluding steroid dienone is 1. The van der Waals surface area contributed by atoms with Crippen molar-refractivity contribution in [2.75, 3.05) is 5.75 Å². The van der Waals surface area contributed by atoms with Crippen LogP contribution in [0, 0.1) is 16.7 Å². The van der Waals surface area contributed by atoms with Gasteiger partial charge in [0.1, 0.15) is 6.10 Å². The summed E-state index contributed by atoms with van der Waals surface area (Å²) in [6, 6.07) is 9.71. The number of halogens is 2. The highest BCUT2D eigenvalue weighted by molar-refractivity contribution is 8.14. The summed E-state index contributed by atoms with van der Waals surface area (Å²) in [5.74, 6) is 1.35. The molecule has 0 saturated heterocycles. The van der Waals surface area contributed by atoms with Crippen molar-refractivity contribution in [3.8, 4) is 0 Å². The van der Waals surface area contributed by atoms with Crippen LogP contribution in [0.15, 0.2) is 42.7 Å². The molecule has 2 nitrogen and oxygen atoms in total. The molecule has 1 aromatic carbocycles. The monoisotopic (exact) mass is 424 g/mol. The van der Waals surface area contributed by atoms with Gasteiger partial charge in [0.2, 0.25) is 5.12 Å². The lowest BCUT2D eigenvalue weighted by Crippen LogP contribution is -2.48. The highest BCUT2D eigenvalue weighted by Gasteiger charge is 2.65. The second kappa shape index (κ2) is 6.43. The minimum atomic E-state index is -1.58. The minimum absolute atomic E-state index is 0.00726. The van der Waals surface area contributed by atoms with Crippen LogP contribution in [-0.4, -0.2) is 21.3 Å². The van der Waals surface area contributed by atoms with Gasteiger partial charge < -0.3 is 4.74 Å². The van der Waals surface area contributed by atoms with Gasteiger partial charge in [0.25, 0.3) is 0 Å². The first-order valence-corrected chi connectivity index (χ1v) is 11.3. The largest absolute Gasteiger partial charge is 0.498 e. The van der Waals surface area contributed by atoms with E-state index in [0.717, 1.165) is 18.4 Å². The number of fused-ring (bicyclic) bond motifs is 1. The Kier molecular flexibility index (Phi) is 4.69. The average molecular weight is 425 g/mol. The standard InChI is InChI=1S/C22H26Cl2O2S/c1-19(2)16-9-10-21(19)14-27-18(25)22(23,24)20(3,11-12-26-17(21)13-16)15-7-5-4-6-8-15/h4-8,11-12,16-17H,9-10,13-14H2,1-3H3/b12-11-/t16-,17-,20+,21-/m1/s1. The van der Waals surface area contributed by atoms with Gasteiger partial charge in [0.15, 0.2) is 4.33 Å². The van der Waals surface area contributed by atoms with E-state index in [-0.39, 0.29) is 22.0 Å². The van der Waals surface area contributed by atoms with Crippen molar-refractivity contribution in [1.29, 1.82) is 0 Å². The number of alkyl halides is 2. The topological polar surface area (TPSA) is 26.3 Å². The van der Waals surface area contributed by atoms with Crippen molar-refractivity contribution in [2.45, 2.75) is 55.9 Å². The van der Waals surface area contributed by atoms with E-state index in [2.05, 4.69) is 13.8 Å². The van der Waals surface area contributed by atoms with Gasteiger partial charge in [0.05, 0.1) is 11.7 Å². The predicted octanol–water partition coefficient (Wildman–Crippen LogP) is 6.12. The Bertz CT molecular complexity index is 776. The number of rotatable bonds is 1. The SMILES string of the molecule is CC1(C)[C@@H]2CC[C@]13CSC(=O)C(Cl)(Cl)[C@](C)(c1ccccc1)/C=C\O[C@@H]3C2. The fourth-order valence-electron chi connectivity index (χ4n) is 5.46. The molecule has 4 atom stereocenters. The third-order valence-corrected chi connectivity index (χ3v) is 10.3. The molecule has 0 radical (unpaired) electrons. The third-order valence-electron chi connectivity index (χ3n) is 7.74. The van der Waals surface area contributed by atoms with Gasteiger partial charge in [-0.05, 0) is 49.2 Å². The van der Waals surface area contributed by atoms with E-state index in [9.17, 15) is 4.79 Å². The first-order valence-electron chi connectivity index (χ1n) is 9.59. The lowest BCUT2D eigenvalue weighted by atomic mass is 9.69. The van der Waals surface area contributed by atoms with Crippen molar-refractivity contribution in [1.82, 2.24) is 0 Å². The van der Waals surface area contributed by atoms with Crippen molar-refractivity contribution >= 4 is 40.1 Å². The molecule has 2 bridgehead atoms. The fraction of sp³-hybridized carbons (Fsp3) is 0.591. The maximum atomic E-state index is 13.2. The number of benzene rings is 1. The molecule has 0 N–H and O–H groups in total. The van der Waals surface area contributed by atoms with Crippen molar-refractivity contribution < 1.29 is 9.53 Å². The van der Waals surface area contributed by atoms with E-state index in [0.29, 0.717) is 11.7 Å². The summed E-state index contributed by atoms with van der Waals surface area (Å²) >= 11 is 14.8. The lowest BCUT2D eigenvalue weighted by molar-refractivity contribution is -0.112. The number of carbonyl (C=O) groups is 1. The summed E-state index contributed by atoms with van der Waals surface area (Å²) in [5, 5.41) is -0.178. The molecule has 0 aromatic heterocycles. The molecule has 0 amide bonds. The van der Waals surface area contributed by atoms with E-state index < -0.39 is 9.75 Å². The summed E-state index contributed by atoms with van der Waals surface area (Å²) < 4.78 is 4.75. The van der Waals surface area contributed by atoms with Gasteiger partial charge in [-0.2, -0.15) is 0 Å². The molecule has 1 aliphatic heterocycles. The summed E-state index contributed by atoms with van der Waals surface area (Å²) in [5.41, 5.74) is 0.167. The van der Waals surface area contributed by atoms with Crippen LogP contribution < -0.4 is 0 Å².